The Bertz CT molecular complexity index is 889. The number of nitrogens with zero attached hydrogens (tertiary/aromatic N) is 2. The number of nitrogens with one attached hydrogen (secondary N) is 1. The Kier molecular flexibility index (Phi) is 5.56. The van der Waals surface area contributed by atoms with Crippen molar-refractivity contribution in [1.82, 2.24) is 5.32 Å². The highest BCUT2D eigenvalue weighted by Gasteiger charge is 2.54. The molecular weight excluding hydrogens is 408 g/mol. The number of ether oxygens (including phenoxy) is 2. The molecule has 29 heavy (non-hydrogen) atoms. The molecule has 0 unspecified atom stereocenters. The first-order chi connectivity index (χ1) is 13.4. The van der Waals surface area contributed by atoms with Gasteiger partial charge in [0.2, 0.25) is 0 Å². The molecular formula is C18H21F2N3O5S. The first-order valence-electron chi connectivity index (χ1n) is 8.91. The molecule has 1 saturated heterocycles. The Labute approximate surface area is 170 Å². The number of amides is 1. The van der Waals surface area contributed by atoms with E-state index in [-0.39, 0.29) is 29.4 Å². The second-order valence-corrected chi connectivity index (χ2v) is 8.96. The Morgan fingerprint density at radius 2 is 2.14 bits per heavy atom. The number of nitro groups is 1. The molecule has 8 nitrogen and oxygen atoms in total. The Hall–Kier alpha value is -2.27. The standard InChI is InChI=1S/C18H21F2N3O5S/c1-9-12-7-29-15(21-16(24)28-17(2,3)4)22-18(12,8-27-9)11-5-10(23(25)26)6-13(19)14(11)20/h5-6,9,12H,7-8H2,1-4H3,(H,21,22,24)/t9-,12-,18-/m1/s1. The van der Waals surface area contributed by atoms with Gasteiger partial charge in [0.25, 0.3) is 5.69 Å². The van der Waals surface area contributed by atoms with Crippen LogP contribution in [0.4, 0.5) is 19.3 Å². The zero-order valence-electron chi connectivity index (χ0n) is 16.3. The maximum absolute atomic E-state index is 14.8. The highest BCUT2D eigenvalue weighted by molar-refractivity contribution is 8.13. The van der Waals surface area contributed by atoms with Gasteiger partial charge in [-0.3, -0.25) is 15.4 Å². The van der Waals surface area contributed by atoms with Crippen molar-refractivity contribution in [2.24, 2.45) is 10.9 Å². The van der Waals surface area contributed by atoms with Gasteiger partial charge in [-0.2, -0.15) is 0 Å². The van der Waals surface area contributed by atoms with Crippen molar-refractivity contribution in [3.8, 4) is 0 Å². The van der Waals surface area contributed by atoms with Crippen molar-refractivity contribution in [3.05, 3.63) is 39.4 Å². The molecule has 3 rings (SSSR count). The molecule has 1 N–H and O–H groups in total. The van der Waals surface area contributed by atoms with E-state index >= 15 is 0 Å². The molecule has 2 aliphatic heterocycles. The average molecular weight is 429 g/mol. The van der Waals surface area contributed by atoms with Gasteiger partial charge in [0, 0.05) is 23.3 Å². The minimum absolute atomic E-state index is 0.101. The van der Waals surface area contributed by atoms with Crippen molar-refractivity contribution in [1.29, 1.82) is 0 Å². The zero-order chi connectivity index (χ0) is 21.6. The van der Waals surface area contributed by atoms with Crippen LogP contribution in [0.3, 0.4) is 0 Å². The van der Waals surface area contributed by atoms with Gasteiger partial charge >= 0.3 is 6.09 Å². The Morgan fingerprint density at radius 1 is 1.45 bits per heavy atom. The predicted molar refractivity (Wildman–Crippen MR) is 103 cm³/mol. The quantitative estimate of drug-likeness (QED) is 0.568. The molecule has 1 aromatic rings. The molecule has 0 spiro atoms. The summed E-state index contributed by atoms with van der Waals surface area (Å²) in [5, 5.41) is 13.8. The number of alkyl carbamates (subject to hydrolysis) is 1. The van der Waals surface area contributed by atoms with Crippen LogP contribution < -0.4 is 5.32 Å². The second kappa shape index (κ2) is 7.52. The zero-order valence-corrected chi connectivity index (χ0v) is 17.1. The number of nitro benzene ring substituents is 1. The minimum atomic E-state index is -1.40. The van der Waals surface area contributed by atoms with Crippen LogP contribution in [-0.2, 0) is 15.0 Å². The summed E-state index contributed by atoms with van der Waals surface area (Å²) in [6.07, 6.45) is -1.08. The van der Waals surface area contributed by atoms with Gasteiger partial charge < -0.3 is 9.47 Å². The van der Waals surface area contributed by atoms with Crippen LogP contribution in [0.25, 0.3) is 0 Å². The van der Waals surface area contributed by atoms with Crippen molar-refractivity contribution < 1.29 is 28.0 Å². The van der Waals surface area contributed by atoms with E-state index in [4.69, 9.17) is 9.47 Å². The highest BCUT2D eigenvalue weighted by atomic mass is 32.2. The lowest BCUT2D eigenvalue weighted by molar-refractivity contribution is -0.385. The first-order valence-corrected chi connectivity index (χ1v) is 9.89. The number of benzene rings is 1. The van der Waals surface area contributed by atoms with E-state index in [9.17, 15) is 23.7 Å². The van der Waals surface area contributed by atoms with Gasteiger partial charge in [0.15, 0.2) is 16.8 Å². The summed E-state index contributed by atoms with van der Waals surface area (Å²) in [6, 6.07) is 1.52. The van der Waals surface area contributed by atoms with Crippen LogP contribution >= 0.6 is 11.8 Å². The summed E-state index contributed by atoms with van der Waals surface area (Å²) in [6.45, 7) is 6.78. The maximum atomic E-state index is 14.8. The van der Waals surface area contributed by atoms with E-state index in [1.165, 1.54) is 11.8 Å². The van der Waals surface area contributed by atoms with Crippen LogP contribution in [0.2, 0.25) is 0 Å². The largest absolute Gasteiger partial charge is 0.444 e. The first kappa shape index (κ1) is 21.4. The minimum Gasteiger partial charge on any atom is -0.444 e. The average Bonchev–Trinajstić information content (AvgIpc) is 2.92. The fourth-order valence-corrected chi connectivity index (χ4v) is 4.70. The van der Waals surface area contributed by atoms with Crippen molar-refractivity contribution in [2.75, 3.05) is 12.4 Å². The SMILES string of the molecule is C[C@H]1OC[C@]2(c3cc([N+](=O)[O-])cc(F)c3F)N=C(NC(=O)OC(C)(C)C)SC[C@H]12. The topological polar surface area (TPSA) is 103 Å². The third kappa shape index (κ3) is 4.20. The molecule has 0 aliphatic carbocycles. The normalized spacial score (nSPS) is 26.5. The van der Waals surface area contributed by atoms with E-state index in [1.807, 2.05) is 0 Å². The number of aliphatic imine (C=N–C) groups is 1. The van der Waals surface area contributed by atoms with Gasteiger partial charge in [-0.05, 0) is 27.7 Å². The van der Waals surface area contributed by atoms with Gasteiger partial charge in [-0.1, -0.05) is 11.8 Å². The van der Waals surface area contributed by atoms with Crippen LogP contribution in [0.5, 0.6) is 0 Å². The number of carbonyl (C=O) groups excluding carboxylic acids is 1. The number of carbonyl (C=O) groups is 1. The van der Waals surface area contributed by atoms with Gasteiger partial charge in [0.05, 0.1) is 23.7 Å². The summed E-state index contributed by atoms with van der Waals surface area (Å²) in [5.74, 6) is -2.53. The van der Waals surface area contributed by atoms with Crippen LogP contribution in [0, 0.1) is 27.7 Å². The summed E-state index contributed by atoms with van der Waals surface area (Å²) in [4.78, 5) is 27.0. The fourth-order valence-electron chi connectivity index (χ4n) is 3.43. The fraction of sp³-hybridized carbons (Fsp3) is 0.556. The van der Waals surface area contributed by atoms with Gasteiger partial charge in [-0.25, -0.2) is 18.6 Å². The smallest absolute Gasteiger partial charge is 0.413 e. The number of halogens is 2. The number of thioether (sulfide) groups is 1. The summed E-state index contributed by atoms with van der Waals surface area (Å²) in [5.41, 5.74) is -2.97. The summed E-state index contributed by atoms with van der Waals surface area (Å²) in [7, 11) is 0. The third-order valence-electron chi connectivity index (χ3n) is 4.75. The predicted octanol–water partition coefficient (Wildman–Crippen LogP) is 3.73. The third-order valence-corrected chi connectivity index (χ3v) is 5.74. The number of hydrogen-bond acceptors (Lipinski definition) is 7. The molecule has 0 bridgehead atoms. The van der Waals surface area contributed by atoms with E-state index in [1.54, 1.807) is 27.7 Å². The molecule has 2 heterocycles. The lowest BCUT2D eigenvalue weighted by Crippen LogP contribution is -2.45. The number of non-ortho nitro benzene ring substituents is 1. The Morgan fingerprint density at radius 3 is 2.76 bits per heavy atom. The Balaban J connectivity index is 2.06. The molecule has 3 atom stereocenters. The summed E-state index contributed by atoms with van der Waals surface area (Å²) >= 11 is 1.22. The monoisotopic (exact) mass is 429 g/mol. The van der Waals surface area contributed by atoms with E-state index in [2.05, 4.69) is 10.3 Å². The van der Waals surface area contributed by atoms with E-state index in [0.717, 1.165) is 6.07 Å². The molecule has 0 radical (unpaired) electrons. The maximum Gasteiger partial charge on any atom is 0.413 e. The molecule has 1 aromatic carbocycles. The van der Waals surface area contributed by atoms with Crippen molar-refractivity contribution >= 4 is 28.7 Å². The van der Waals surface area contributed by atoms with Crippen molar-refractivity contribution in [2.45, 2.75) is 44.9 Å². The molecule has 0 saturated carbocycles. The molecule has 158 valence electrons. The van der Waals surface area contributed by atoms with Crippen LogP contribution in [0.1, 0.15) is 33.3 Å². The van der Waals surface area contributed by atoms with Gasteiger partial charge in [0.1, 0.15) is 11.1 Å². The molecule has 0 aromatic heterocycles. The number of amidine groups is 1. The van der Waals surface area contributed by atoms with E-state index in [0.29, 0.717) is 11.8 Å². The lowest BCUT2D eigenvalue weighted by atomic mass is 9.79. The number of fused-ring (bicyclic) bond motifs is 1. The van der Waals surface area contributed by atoms with Gasteiger partial charge in [-0.15, -0.1) is 0 Å². The van der Waals surface area contributed by atoms with Crippen LogP contribution in [-0.4, -0.2) is 40.2 Å². The van der Waals surface area contributed by atoms with E-state index < -0.39 is 39.5 Å². The lowest BCUT2D eigenvalue weighted by Gasteiger charge is -2.36. The van der Waals surface area contributed by atoms with Crippen LogP contribution in [0.15, 0.2) is 17.1 Å². The molecule has 1 fully saturated rings. The molecule has 2 aliphatic rings. The number of hydrogen-bond donors (Lipinski definition) is 1. The summed E-state index contributed by atoms with van der Waals surface area (Å²) < 4.78 is 39.8. The van der Waals surface area contributed by atoms with Crippen molar-refractivity contribution in [3.63, 3.8) is 0 Å². The highest BCUT2D eigenvalue weighted by Crippen LogP contribution is 2.49. The second-order valence-electron chi connectivity index (χ2n) is 7.95. The molecule has 11 heteroatoms. The number of rotatable bonds is 2. The molecule has 1 amide bonds.